The molecule has 0 unspecified atom stereocenters. The van der Waals surface area contributed by atoms with Gasteiger partial charge in [0.1, 0.15) is 0 Å². The minimum atomic E-state index is -0.0875. The number of carbonyl (C=O) groups is 1. The Kier molecular flexibility index (Phi) is 6.60. The molecule has 0 atom stereocenters. The summed E-state index contributed by atoms with van der Waals surface area (Å²) in [6, 6.07) is 17.7. The summed E-state index contributed by atoms with van der Waals surface area (Å²) in [7, 11) is 0. The number of rotatable bonds is 7. The molecule has 1 fully saturated rings. The number of thioether (sulfide) groups is 1. The van der Waals surface area contributed by atoms with E-state index in [2.05, 4.69) is 44.8 Å². The van der Waals surface area contributed by atoms with E-state index in [0.717, 1.165) is 24.5 Å². The smallest absolute Gasteiger partial charge is 0.234 e. The van der Waals surface area contributed by atoms with Gasteiger partial charge in [-0.3, -0.25) is 4.79 Å². The van der Waals surface area contributed by atoms with Crippen molar-refractivity contribution < 1.29 is 9.69 Å². The van der Waals surface area contributed by atoms with Crippen LogP contribution in [-0.4, -0.2) is 64.6 Å². The molecule has 0 bridgehead atoms. The zero-order valence-electron chi connectivity index (χ0n) is 17.0. The first-order chi connectivity index (χ1) is 14.7. The van der Waals surface area contributed by atoms with Gasteiger partial charge in [-0.15, -0.1) is 5.10 Å². The molecule has 4 rings (SSSR count). The second kappa shape index (κ2) is 9.73. The highest BCUT2D eigenvalue weighted by Gasteiger charge is 2.18. The summed E-state index contributed by atoms with van der Waals surface area (Å²) in [5.41, 5.74) is 2.87. The third-order valence-electron chi connectivity index (χ3n) is 5.26. The predicted octanol–water partition coefficient (Wildman–Crippen LogP) is 1.12. The molecular weight excluding hydrogens is 398 g/mol. The molecule has 0 radical (unpaired) electrons. The van der Waals surface area contributed by atoms with E-state index in [4.69, 9.17) is 0 Å². The third kappa shape index (κ3) is 4.98. The number of quaternary nitrogens is 1. The maximum absolute atomic E-state index is 12.4. The summed E-state index contributed by atoms with van der Waals surface area (Å²) in [5.74, 6) is 0.145. The number of tetrazole rings is 1. The zero-order chi connectivity index (χ0) is 20.8. The fourth-order valence-electron chi connectivity index (χ4n) is 3.52. The average Bonchev–Trinajstić information content (AvgIpc) is 3.28. The first-order valence-corrected chi connectivity index (χ1v) is 11.2. The van der Waals surface area contributed by atoms with Gasteiger partial charge in [0.05, 0.1) is 44.2 Å². The van der Waals surface area contributed by atoms with E-state index >= 15 is 0 Å². The first kappa shape index (κ1) is 20.4. The Bertz CT molecular complexity index is 953. The Hall–Kier alpha value is -2.91. The lowest BCUT2D eigenvalue weighted by molar-refractivity contribution is -0.898. The van der Waals surface area contributed by atoms with Crippen molar-refractivity contribution in [3.05, 3.63) is 54.6 Å². The number of hydrogen-bond acceptors (Lipinski definition) is 6. The summed E-state index contributed by atoms with van der Waals surface area (Å²) < 4.78 is 1.63. The molecule has 1 saturated heterocycles. The van der Waals surface area contributed by atoms with Crippen LogP contribution >= 0.6 is 11.8 Å². The van der Waals surface area contributed by atoms with Crippen LogP contribution in [0.25, 0.3) is 5.69 Å². The van der Waals surface area contributed by atoms with Crippen molar-refractivity contribution in [2.75, 3.05) is 48.7 Å². The number of aromatic nitrogens is 4. The highest BCUT2D eigenvalue weighted by Crippen LogP contribution is 2.20. The maximum atomic E-state index is 12.4. The third-order valence-corrected chi connectivity index (χ3v) is 6.18. The molecule has 2 heterocycles. The van der Waals surface area contributed by atoms with Gasteiger partial charge in [0.2, 0.25) is 11.1 Å². The van der Waals surface area contributed by atoms with Gasteiger partial charge >= 0.3 is 0 Å². The van der Waals surface area contributed by atoms with Crippen LogP contribution in [0.15, 0.2) is 59.8 Å². The Morgan fingerprint density at radius 2 is 1.80 bits per heavy atom. The number of hydrogen-bond donors (Lipinski definition) is 2. The van der Waals surface area contributed by atoms with E-state index in [1.807, 2.05) is 42.5 Å². The minimum Gasteiger partial charge on any atom is -0.360 e. The van der Waals surface area contributed by atoms with Crippen molar-refractivity contribution in [1.82, 2.24) is 20.2 Å². The molecule has 2 N–H and O–H groups in total. The van der Waals surface area contributed by atoms with Crippen LogP contribution in [0.1, 0.15) is 6.92 Å². The van der Waals surface area contributed by atoms with E-state index in [0.29, 0.717) is 5.16 Å². The van der Waals surface area contributed by atoms with Gasteiger partial charge in [-0.1, -0.05) is 30.0 Å². The first-order valence-electron chi connectivity index (χ1n) is 10.2. The average molecular weight is 425 g/mol. The van der Waals surface area contributed by atoms with Gasteiger partial charge in [-0.2, -0.15) is 4.68 Å². The standard InChI is InChI=1S/C21H25N7OS/c1-2-26-12-14-27(15-13-26)18-10-8-17(9-11-18)22-20(29)16-30-21-23-24-25-28(21)19-6-4-3-5-7-19/h3-11H,2,12-16H2,1H3,(H,22,29)/p+1. The van der Waals surface area contributed by atoms with Gasteiger partial charge in [-0.05, 0) is 53.7 Å². The lowest BCUT2D eigenvalue weighted by Crippen LogP contribution is -3.14. The Balaban J connectivity index is 1.29. The topological polar surface area (TPSA) is 80.4 Å². The Morgan fingerprint density at radius 1 is 1.07 bits per heavy atom. The van der Waals surface area contributed by atoms with Gasteiger partial charge in [0, 0.05) is 11.4 Å². The van der Waals surface area contributed by atoms with Crippen molar-refractivity contribution >= 4 is 29.0 Å². The van der Waals surface area contributed by atoms with Crippen LogP contribution in [-0.2, 0) is 4.79 Å². The number of benzene rings is 2. The Morgan fingerprint density at radius 3 is 2.50 bits per heavy atom. The van der Waals surface area contributed by atoms with Crippen LogP contribution in [0.3, 0.4) is 0 Å². The Labute approximate surface area is 180 Å². The van der Waals surface area contributed by atoms with Gasteiger partial charge in [-0.25, -0.2) is 0 Å². The molecule has 156 valence electrons. The number of nitrogens with zero attached hydrogens (tertiary/aromatic N) is 5. The van der Waals surface area contributed by atoms with Crippen LogP contribution in [0.4, 0.5) is 11.4 Å². The number of nitrogens with one attached hydrogen (secondary N) is 2. The molecule has 30 heavy (non-hydrogen) atoms. The summed E-state index contributed by atoms with van der Waals surface area (Å²) >= 11 is 1.31. The van der Waals surface area contributed by atoms with Crippen molar-refractivity contribution in [1.29, 1.82) is 0 Å². The number of anilines is 2. The number of para-hydroxylation sites is 1. The predicted molar refractivity (Wildman–Crippen MR) is 118 cm³/mol. The van der Waals surface area contributed by atoms with E-state index < -0.39 is 0 Å². The van der Waals surface area contributed by atoms with Crippen LogP contribution < -0.4 is 15.1 Å². The van der Waals surface area contributed by atoms with E-state index in [-0.39, 0.29) is 11.7 Å². The summed E-state index contributed by atoms with van der Waals surface area (Å²) in [5, 5.41) is 15.3. The van der Waals surface area contributed by atoms with Crippen molar-refractivity contribution in [2.24, 2.45) is 0 Å². The normalized spacial score (nSPS) is 14.6. The molecule has 2 aromatic carbocycles. The van der Waals surface area contributed by atoms with Crippen LogP contribution in [0, 0.1) is 0 Å². The number of carbonyl (C=O) groups excluding carboxylic acids is 1. The van der Waals surface area contributed by atoms with Crippen molar-refractivity contribution in [2.45, 2.75) is 12.1 Å². The highest BCUT2D eigenvalue weighted by atomic mass is 32.2. The van der Waals surface area contributed by atoms with E-state index in [9.17, 15) is 4.79 Å². The second-order valence-corrected chi connectivity index (χ2v) is 8.13. The molecule has 0 aliphatic carbocycles. The molecule has 3 aromatic rings. The molecule has 1 aliphatic rings. The maximum Gasteiger partial charge on any atom is 0.234 e. The van der Waals surface area contributed by atoms with Crippen LogP contribution in [0.2, 0.25) is 0 Å². The van der Waals surface area contributed by atoms with Crippen molar-refractivity contribution in [3.63, 3.8) is 0 Å². The molecule has 1 aromatic heterocycles. The summed E-state index contributed by atoms with van der Waals surface area (Å²) in [6.07, 6.45) is 0. The largest absolute Gasteiger partial charge is 0.360 e. The van der Waals surface area contributed by atoms with Crippen LogP contribution in [0.5, 0.6) is 0 Å². The number of likely N-dealkylation sites (N-methyl/N-ethyl adjacent to an activating group) is 1. The summed E-state index contributed by atoms with van der Waals surface area (Å²) in [6.45, 7) is 7.92. The molecule has 9 heteroatoms. The molecule has 0 spiro atoms. The monoisotopic (exact) mass is 424 g/mol. The van der Waals surface area contributed by atoms with Crippen molar-refractivity contribution in [3.8, 4) is 5.69 Å². The zero-order valence-corrected chi connectivity index (χ0v) is 17.8. The van der Waals surface area contributed by atoms with E-state index in [1.54, 1.807) is 9.58 Å². The van der Waals surface area contributed by atoms with Gasteiger partial charge in [0.15, 0.2) is 0 Å². The number of amides is 1. The molecule has 0 saturated carbocycles. The molecule has 1 amide bonds. The second-order valence-electron chi connectivity index (χ2n) is 7.18. The molecular formula is C21H26N7OS+. The highest BCUT2D eigenvalue weighted by molar-refractivity contribution is 7.99. The quantitative estimate of drug-likeness (QED) is 0.554. The minimum absolute atomic E-state index is 0.0875. The lowest BCUT2D eigenvalue weighted by Gasteiger charge is -2.33. The summed E-state index contributed by atoms with van der Waals surface area (Å²) in [4.78, 5) is 16.5. The molecule has 1 aliphatic heterocycles. The fourth-order valence-corrected chi connectivity index (χ4v) is 4.21. The van der Waals surface area contributed by atoms with Gasteiger partial charge < -0.3 is 15.1 Å². The number of piperazine rings is 1. The van der Waals surface area contributed by atoms with Gasteiger partial charge in [0.25, 0.3) is 0 Å². The fraction of sp³-hybridized carbons (Fsp3) is 0.333. The SMILES string of the molecule is CC[NH+]1CCN(c2ccc(NC(=O)CSc3nnnn3-c3ccccc3)cc2)CC1. The van der Waals surface area contributed by atoms with E-state index in [1.165, 1.54) is 37.1 Å². The lowest BCUT2D eigenvalue weighted by atomic mass is 10.2. The molecule has 8 nitrogen and oxygen atoms in total.